The lowest BCUT2D eigenvalue weighted by atomic mass is 10.3. The molecule has 0 saturated heterocycles. The van der Waals surface area contributed by atoms with E-state index in [-0.39, 0.29) is 11.6 Å². The standard InChI is InChI=1S/C9H6ClF3INO3/c1-17-8(16)7-6(18-9(11,12)13)2-4(14)5(3-10)15-7/h2H,3H2,1H3. The van der Waals surface area contributed by atoms with Crippen molar-refractivity contribution in [3.63, 3.8) is 0 Å². The fourth-order valence-electron chi connectivity index (χ4n) is 1.05. The summed E-state index contributed by atoms with van der Waals surface area (Å²) in [6.07, 6.45) is -4.92. The van der Waals surface area contributed by atoms with Crippen molar-refractivity contribution in [2.75, 3.05) is 7.11 Å². The molecule has 0 spiro atoms. The number of halogens is 5. The largest absolute Gasteiger partial charge is 0.573 e. The molecular formula is C9H6ClF3INO3. The van der Waals surface area contributed by atoms with Gasteiger partial charge in [0.25, 0.3) is 0 Å². The fourth-order valence-corrected chi connectivity index (χ4v) is 2.07. The number of carbonyl (C=O) groups excluding carboxylic acids is 1. The van der Waals surface area contributed by atoms with Crippen molar-refractivity contribution < 1.29 is 27.4 Å². The summed E-state index contributed by atoms with van der Waals surface area (Å²) in [4.78, 5) is 15.0. The predicted octanol–water partition coefficient (Wildman–Crippen LogP) is 3.11. The van der Waals surface area contributed by atoms with Crippen LogP contribution in [0.15, 0.2) is 6.07 Å². The van der Waals surface area contributed by atoms with Crippen LogP contribution in [0, 0.1) is 3.57 Å². The fraction of sp³-hybridized carbons (Fsp3) is 0.333. The Kier molecular flexibility index (Phi) is 5.02. The van der Waals surface area contributed by atoms with Gasteiger partial charge in [0.15, 0.2) is 11.4 Å². The van der Waals surface area contributed by atoms with Gasteiger partial charge >= 0.3 is 12.3 Å². The Balaban J connectivity index is 3.30. The van der Waals surface area contributed by atoms with Crippen molar-refractivity contribution in [1.29, 1.82) is 0 Å². The summed E-state index contributed by atoms with van der Waals surface area (Å²) in [5, 5.41) is 0. The van der Waals surface area contributed by atoms with Crippen molar-refractivity contribution in [2.45, 2.75) is 12.2 Å². The lowest BCUT2D eigenvalue weighted by Crippen LogP contribution is -2.20. The van der Waals surface area contributed by atoms with Crippen LogP contribution in [0.5, 0.6) is 5.75 Å². The normalized spacial score (nSPS) is 11.2. The highest BCUT2D eigenvalue weighted by Gasteiger charge is 2.34. The van der Waals surface area contributed by atoms with Crippen molar-refractivity contribution >= 4 is 40.2 Å². The Bertz CT molecular complexity index is 467. The minimum Gasteiger partial charge on any atom is -0.464 e. The average Bonchev–Trinajstić information content (AvgIpc) is 2.26. The second-order valence-electron chi connectivity index (χ2n) is 2.94. The number of alkyl halides is 4. The molecule has 0 aliphatic heterocycles. The van der Waals surface area contributed by atoms with Gasteiger partial charge in [-0.1, -0.05) is 0 Å². The molecule has 0 aliphatic carbocycles. The second kappa shape index (κ2) is 5.91. The molecule has 0 aliphatic rings. The number of esters is 1. The third kappa shape index (κ3) is 3.87. The van der Waals surface area contributed by atoms with Crippen LogP contribution >= 0.6 is 34.2 Å². The van der Waals surface area contributed by atoms with Crippen molar-refractivity contribution in [3.8, 4) is 5.75 Å². The molecule has 0 radical (unpaired) electrons. The number of pyridine rings is 1. The lowest BCUT2D eigenvalue weighted by Gasteiger charge is -2.13. The van der Waals surface area contributed by atoms with E-state index in [1.807, 2.05) is 0 Å². The molecule has 0 amide bonds. The maximum absolute atomic E-state index is 12.2. The van der Waals surface area contributed by atoms with E-state index in [0.29, 0.717) is 3.57 Å². The molecule has 0 atom stereocenters. The van der Waals surface area contributed by atoms with E-state index in [9.17, 15) is 18.0 Å². The Morgan fingerprint density at radius 2 is 2.17 bits per heavy atom. The summed E-state index contributed by atoms with van der Waals surface area (Å²) < 4.78 is 44.9. The Morgan fingerprint density at radius 3 is 2.61 bits per heavy atom. The van der Waals surface area contributed by atoms with Crippen molar-refractivity contribution in [1.82, 2.24) is 4.98 Å². The topological polar surface area (TPSA) is 48.4 Å². The molecule has 1 aromatic rings. The van der Waals surface area contributed by atoms with Gasteiger partial charge in [-0.15, -0.1) is 24.8 Å². The number of hydrogen-bond donors (Lipinski definition) is 0. The van der Waals surface area contributed by atoms with Gasteiger partial charge < -0.3 is 9.47 Å². The summed E-state index contributed by atoms with van der Waals surface area (Å²) in [5.41, 5.74) is -0.293. The number of rotatable bonds is 3. The van der Waals surface area contributed by atoms with Crippen LogP contribution < -0.4 is 4.74 Å². The van der Waals surface area contributed by atoms with Gasteiger partial charge in [-0.05, 0) is 28.7 Å². The molecule has 0 fully saturated rings. The number of carbonyl (C=O) groups is 1. The summed E-state index contributed by atoms with van der Waals surface area (Å²) in [6, 6.07) is 1.03. The molecule has 0 unspecified atom stereocenters. The van der Waals surface area contributed by atoms with E-state index in [2.05, 4.69) is 14.5 Å². The minimum atomic E-state index is -4.92. The third-order valence-electron chi connectivity index (χ3n) is 1.74. The van der Waals surface area contributed by atoms with Crippen LogP contribution in [0.3, 0.4) is 0 Å². The van der Waals surface area contributed by atoms with Gasteiger partial charge in [-0.2, -0.15) is 0 Å². The van der Waals surface area contributed by atoms with E-state index in [1.165, 1.54) is 0 Å². The van der Waals surface area contributed by atoms with E-state index in [0.717, 1.165) is 13.2 Å². The smallest absolute Gasteiger partial charge is 0.464 e. The van der Waals surface area contributed by atoms with Crippen LogP contribution in [-0.2, 0) is 10.6 Å². The molecule has 4 nitrogen and oxygen atoms in total. The van der Waals surface area contributed by atoms with E-state index < -0.39 is 23.8 Å². The predicted molar refractivity (Wildman–Crippen MR) is 64.5 cm³/mol. The first-order valence-corrected chi connectivity index (χ1v) is 5.99. The zero-order valence-corrected chi connectivity index (χ0v) is 11.8. The molecule has 0 bridgehead atoms. The molecule has 1 rings (SSSR count). The molecule has 0 N–H and O–H groups in total. The van der Waals surface area contributed by atoms with Gasteiger partial charge in [0.1, 0.15) is 0 Å². The highest BCUT2D eigenvalue weighted by atomic mass is 127. The summed E-state index contributed by atoms with van der Waals surface area (Å²) >= 11 is 7.30. The first-order valence-electron chi connectivity index (χ1n) is 4.38. The molecule has 9 heteroatoms. The summed E-state index contributed by atoms with van der Waals surface area (Å²) in [5.74, 6) is -1.79. The maximum atomic E-state index is 12.2. The van der Waals surface area contributed by atoms with E-state index in [1.54, 1.807) is 22.6 Å². The van der Waals surface area contributed by atoms with E-state index >= 15 is 0 Å². The average molecular weight is 396 g/mol. The van der Waals surface area contributed by atoms with Crippen LogP contribution in [0.2, 0.25) is 0 Å². The van der Waals surface area contributed by atoms with Gasteiger partial charge in [-0.25, -0.2) is 9.78 Å². The Morgan fingerprint density at radius 1 is 1.56 bits per heavy atom. The molecule has 100 valence electrons. The van der Waals surface area contributed by atoms with Gasteiger partial charge in [0.05, 0.1) is 18.7 Å². The number of aromatic nitrogens is 1. The van der Waals surface area contributed by atoms with Crippen LogP contribution in [0.4, 0.5) is 13.2 Å². The van der Waals surface area contributed by atoms with Crippen molar-refractivity contribution in [2.24, 2.45) is 0 Å². The Labute approximate surface area is 119 Å². The third-order valence-corrected chi connectivity index (χ3v) is 2.93. The zero-order valence-electron chi connectivity index (χ0n) is 8.85. The quantitative estimate of drug-likeness (QED) is 0.448. The molecule has 18 heavy (non-hydrogen) atoms. The molecule has 1 aromatic heterocycles. The van der Waals surface area contributed by atoms with Crippen LogP contribution in [0.25, 0.3) is 0 Å². The van der Waals surface area contributed by atoms with Crippen LogP contribution in [0.1, 0.15) is 16.2 Å². The van der Waals surface area contributed by atoms with Gasteiger partial charge in [0, 0.05) is 3.57 Å². The lowest BCUT2D eigenvalue weighted by molar-refractivity contribution is -0.274. The number of ether oxygens (including phenoxy) is 2. The Hall–Kier alpha value is -0.770. The van der Waals surface area contributed by atoms with Crippen LogP contribution in [-0.4, -0.2) is 24.4 Å². The monoisotopic (exact) mass is 395 g/mol. The molecular weight excluding hydrogens is 389 g/mol. The summed E-state index contributed by atoms with van der Waals surface area (Å²) in [6.45, 7) is 0. The number of nitrogens with zero attached hydrogens (tertiary/aromatic N) is 1. The van der Waals surface area contributed by atoms with Crippen molar-refractivity contribution in [3.05, 3.63) is 21.0 Å². The first-order chi connectivity index (χ1) is 8.28. The van der Waals surface area contributed by atoms with Gasteiger partial charge in [0.2, 0.25) is 0 Å². The zero-order chi connectivity index (χ0) is 13.9. The highest BCUT2D eigenvalue weighted by molar-refractivity contribution is 14.1. The number of hydrogen-bond acceptors (Lipinski definition) is 4. The number of methoxy groups -OCH3 is 1. The minimum absolute atomic E-state index is 0.0471. The SMILES string of the molecule is COC(=O)c1nc(CCl)c(I)cc1OC(F)(F)F. The maximum Gasteiger partial charge on any atom is 0.573 e. The molecule has 0 aromatic carbocycles. The summed E-state index contributed by atoms with van der Waals surface area (Å²) in [7, 11) is 1.03. The molecule has 1 heterocycles. The molecule has 0 saturated carbocycles. The second-order valence-corrected chi connectivity index (χ2v) is 4.37. The highest BCUT2D eigenvalue weighted by Crippen LogP contribution is 2.29. The van der Waals surface area contributed by atoms with E-state index in [4.69, 9.17) is 11.6 Å². The van der Waals surface area contributed by atoms with Gasteiger partial charge in [-0.3, -0.25) is 0 Å². The first kappa shape index (κ1) is 15.3.